The number of aromatic nitrogens is 3. The van der Waals surface area contributed by atoms with E-state index in [9.17, 15) is 13.2 Å². The molecule has 0 saturated carbocycles. The highest BCUT2D eigenvalue weighted by molar-refractivity contribution is 5.62. The summed E-state index contributed by atoms with van der Waals surface area (Å²) < 4.78 is 47.5. The normalized spacial score (nSPS) is 16.6. The van der Waals surface area contributed by atoms with Crippen LogP contribution in [0.4, 0.5) is 30.5 Å². The molecule has 1 aliphatic rings. The number of anilines is 3. The maximum Gasteiger partial charge on any atom is 0.246 e. The van der Waals surface area contributed by atoms with Gasteiger partial charge >= 0.3 is 0 Å². The summed E-state index contributed by atoms with van der Waals surface area (Å²) >= 11 is 0. The summed E-state index contributed by atoms with van der Waals surface area (Å²) in [4.78, 5) is 6.11. The molecular weight excluding hydrogens is 371 g/mol. The molecule has 0 amide bonds. The zero-order valence-electron chi connectivity index (χ0n) is 15.1. The van der Waals surface area contributed by atoms with Crippen LogP contribution in [0.25, 0.3) is 5.69 Å². The Labute approximate surface area is 159 Å². The quantitative estimate of drug-likeness (QED) is 0.722. The van der Waals surface area contributed by atoms with Crippen molar-refractivity contribution in [2.45, 2.75) is 12.5 Å². The van der Waals surface area contributed by atoms with Crippen molar-refractivity contribution in [3.05, 3.63) is 60.2 Å². The van der Waals surface area contributed by atoms with Gasteiger partial charge in [-0.2, -0.15) is 4.98 Å². The molecule has 4 rings (SSSR count). The monoisotopic (exact) mass is 389 g/mol. The summed E-state index contributed by atoms with van der Waals surface area (Å²) in [6.07, 6.45) is 2.33. The second-order valence-electron chi connectivity index (χ2n) is 6.56. The molecule has 1 aromatic heterocycles. The summed E-state index contributed by atoms with van der Waals surface area (Å²) in [6.45, 7) is 1.47. The minimum atomic E-state index is -0.713. The standard InChI is InChI=1S/C19H18F3N5O/c1-28-18-2-3-26(10-18)16-6-14(22)5-15(9-16)24-19-23-11-27(25-19)17-7-12(20)4-13(21)8-17/h4-9,11,18H,2-3,10H2,1H3,(H,24,25). The van der Waals surface area contributed by atoms with Gasteiger partial charge in [0, 0.05) is 37.6 Å². The van der Waals surface area contributed by atoms with Crippen LogP contribution in [-0.2, 0) is 4.74 Å². The molecule has 0 radical (unpaired) electrons. The zero-order chi connectivity index (χ0) is 19.7. The highest BCUT2D eigenvalue weighted by Crippen LogP contribution is 2.27. The summed E-state index contributed by atoms with van der Waals surface area (Å²) in [6, 6.07) is 7.65. The topological polar surface area (TPSA) is 55.2 Å². The molecule has 1 atom stereocenters. The van der Waals surface area contributed by atoms with Crippen molar-refractivity contribution in [3.63, 3.8) is 0 Å². The molecule has 2 aromatic carbocycles. The Morgan fingerprint density at radius 1 is 1.00 bits per heavy atom. The zero-order valence-corrected chi connectivity index (χ0v) is 15.1. The van der Waals surface area contributed by atoms with Gasteiger partial charge in [0.05, 0.1) is 11.8 Å². The lowest BCUT2D eigenvalue weighted by atomic mass is 10.2. The van der Waals surface area contributed by atoms with Crippen LogP contribution < -0.4 is 10.2 Å². The summed E-state index contributed by atoms with van der Waals surface area (Å²) in [5.74, 6) is -1.64. The highest BCUT2D eigenvalue weighted by Gasteiger charge is 2.23. The molecule has 9 heteroatoms. The largest absolute Gasteiger partial charge is 0.380 e. The first-order valence-corrected chi connectivity index (χ1v) is 8.73. The fourth-order valence-electron chi connectivity index (χ4n) is 3.23. The molecule has 2 heterocycles. The van der Waals surface area contributed by atoms with Gasteiger partial charge in [0.15, 0.2) is 0 Å². The van der Waals surface area contributed by atoms with Crippen molar-refractivity contribution in [3.8, 4) is 5.69 Å². The lowest BCUT2D eigenvalue weighted by Crippen LogP contribution is -2.22. The number of hydrogen-bond acceptors (Lipinski definition) is 5. The van der Waals surface area contributed by atoms with Gasteiger partial charge < -0.3 is 15.0 Å². The van der Waals surface area contributed by atoms with Crippen LogP contribution in [0.3, 0.4) is 0 Å². The third-order valence-corrected chi connectivity index (χ3v) is 4.59. The van der Waals surface area contributed by atoms with Crippen molar-refractivity contribution < 1.29 is 17.9 Å². The molecule has 3 aromatic rings. The lowest BCUT2D eigenvalue weighted by molar-refractivity contribution is 0.121. The number of rotatable bonds is 5. The number of halogens is 3. The molecule has 0 aliphatic carbocycles. The first-order chi connectivity index (χ1) is 13.5. The van der Waals surface area contributed by atoms with Gasteiger partial charge in [0.2, 0.25) is 5.95 Å². The van der Waals surface area contributed by atoms with E-state index in [2.05, 4.69) is 15.4 Å². The maximum absolute atomic E-state index is 14.1. The average Bonchev–Trinajstić information content (AvgIpc) is 3.29. The number of ether oxygens (including phenoxy) is 1. The molecule has 1 N–H and O–H groups in total. The summed E-state index contributed by atoms with van der Waals surface area (Å²) in [7, 11) is 1.67. The molecule has 1 saturated heterocycles. The minimum Gasteiger partial charge on any atom is -0.380 e. The molecule has 146 valence electrons. The van der Waals surface area contributed by atoms with Gasteiger partial charge in [-0.1, -0.05) is 0 Å². The molecular formula is C19H18F3N5O. The first kappa shape index (κ1) is 18.3. The Morgan fingerprint density at radius 3 is 2.43 bits per heavy atom. The predicted octanol–water partition coefficient (Wildman–Crippen LogP) is 3.65. The van der Waals surface area contributed by atoms with E-state index in [4.69, 9.17) is 4.74 Å². The van der Waals surface area contributed by atoms with Crippen molar-refractivity contribution in [2.75, 3.05) is 30.4 Å². The fourth-order valence-corrected chi connectivity index (χ4v) is 3.23. The second-order valence-corrected chi connectivity index (χ2v) is 6.56. The third kappa shape index (κ3) is 3.94. The molecule has 0 bridgehead atoms. The van der Waals surface area contributed by atoms with Gasteiger partial charge in [0.25, 0.3) is 0 Å². The van der Waals surface area contributed by atoms with Crippen molar-refractivity contribution in [2.24, 2.45) is 0 Å². The first-order valence-electron chi connectivity index (χ1n) is 8.73. The Bertz CT molecular complexity index is 973. The second kappa shape index (κ2) is 7.51. The van der Waals surface area contributed by atoms with Crippen LogP contribution >= 0.6 is 0 Å². The van der Waals surface area contributed by atoms with Gasteiger partial charge in [-0.25, -0.2) is 17.9 Å². The fraction of sp³-hybridized carbons (Fsp3) is 0.263. The smallest absolute Gasteiger partial charge is 0.246 e. The van der Waals surface area contributed by atoms with E-state index in [1.54, 1.807) is 13.2 Å². The van der Waals surface area contributed by atoms with Crippen LogP contribution in [0.1, 0.15) is 6.42 Å². The van der Waals surface area contributed by atoms with Crippen molar-refractivity contribution >= 4 is 17.3 Å². The predicted molar refractivity (Wildman–Crippen MR) is 98.6 cm³/mol. The number of nitrogens with one attached hydrogen (secondary N) is 1. The lowest BCUT2D eigenvalue weighted by Gasteiger charge is -2.19. The van der Waals surface area contributed by atoms with E-state index in [1.165, 1.54) is 23.1 Å². The Morgan fingerprint density at radius 2 is 1.71 bits per heavy atom. The maximum atomic E-state index is 14.1. The van der Waals surface area contributed by atoms with Crippen LogP contribution in [0.5, 0.6) is 0 Å². The van der Waals surface area contributed by atoms with Gasteiger partial charge in [-0.3, -0.25) is 0 Å². The van der Waals surface area contributed by atoms with E-state index < -0.39 is 17.5 Å². The summed E-state index contributed by atoms with van der Waals surface area (Å²) in [5, 5.41) is 7.07. The van der Waals surface area contributed by atoms with Gasteiger partial charge in [-0.15, -0.1) is 5.10 Å². The molecule has 28 heavy (non-hydrogen) atoms. The van der Waals surface area contributed by atoms with E-state index in [0.29, 0.717) is 12.2 Å². The molecule has 1 aliphatic heterocycles. The van der Waals surface area contributed by atoms with Crippen molar-refractivity contribution in [1.82, 2.24) is 14.8 Å². The number of hydrogen-bond donors (Lipinski definition) is 1. The molecule has 1 unspecified atom stereocenters. The molecule has 0 spiro atoms. The summed E-state index contributed by atoms with van der Waals surface area (Å²) in [5.41, 5.74) is 1.40. The van der Waals surface area contributed by atoms with Gasteiger partial charge in [0.1, 0.15) is 23.8 Å². The average molecular weight is 389 g/mol. The molecule has 6 nitrogen and oxygen atoms in total. The van der Waals surface area contributed by atoms with Crippen LogP contribution in [0.15, 0.2) is 42.7 Å². The Hall–Kier alpha value is -3.07. The van der Waals surface area contributed by atoms with Crippen LogP contribution in [0, 0.1) is 17.5 Å². The number of benzene rings is 2. The SMILES string of the molecule is COC1CCN(c2cc(F)cc(Nc3ncn(-c4cc(F)cc(F)c4)n3)c2)C1. The molecule has 1 fully saturated rings. The van der Waals surface area contributed by atoms with Crippen molar-refractivity contribution in [1.29, 1.82) is 0 Å². The third-order valence-electron chi connectivity index (χ3n) is 4.59. The van der Waals surface area contributed by atoms with E-state index in [-0.39, 0.29) is 17.7 Å². The number of methoxy groups -OCH3 is 1. The Kier molecular flexibility index (Phi) is 4.91. The highest BCUT2D eigenvalue weighted by atomic mass is 19.1. The van der Waals surface area contributed by atoms with E-state index >= 15 is 0 Å². The number of nitrogens with zero attached hydrogens (tertiary/aromatic N) is 4. The minimum absolute atomic E-state index is 0.128. The Balaban J connectivity index is 1.54. The van der Waals surface area contributed by atoms with Crippen LogP contribution in [0.2, 0.25) is 0 Å². The van der Waals surface area contributed by atoms with E-state index in [1.807, 2.05) is 4.90 Å². The van der Waals surface area contributed by atoms with Crippen LogP contribution in [-0.4, -0.2) is 41.1 Å². The van der Waals surface area contributed by atoms with E-state index in [0.717, 1.165) is 36.9 Å². The van der Waals surface area contributed by atoms with Gasteiger partial charge in [-0.05, 0) is 36.8 Å².